The van der Waals surface area contributed by atoms with Crippen molar-refractivity contribution in [2.24, 2.45) is 0 Å². The summed E-state index contributed by atoms with van der Waals surface area (Å²) in [5.41, 5.74) is 1.04. The van der Waals surface area contributed by atoms with Crippen molar-refractivity contribution in [3.05, 3.63) is 65.0 Å². The van der Waals surface area contributed by atoms with E-state index in [1.807, 2.05) is 12.1 Å². The van der Waals surface area contributed by atoms with Crippen LogP contribution in [0.2, 0.25) is 5.02 Å². The van der Waals surface area contributed by atoms with Crippen molar-refractivity contribution in [3.63, 3.8) is 0 Å². The van der Waals surface area contributed by atoms with Gasteiger partial charge in [0.2, 0.25) is 5.82 Å². The van der Waals surface area contributed by atoms with Crippen molar-refractivity contribution >= 4 is 23.5 Å². The minimum absolute atomic E-state index is 0.123. The Balaban J connectivity index is 1.50. The number of aromatic nitrogens is 2. The number of methoxy groups -OCH3 is 1. The average Bonchev–Trinajstić information content (AvgIpc) is 3.20. The topological polar surface area (TPSA) is 104 Å². The van der Waals surface area contributed by atoms with Gasteiger partial charge >= 0.3 is 5.97 Å². The second kappa shape index (κ2) is 9.01. The van der Waals surface area contributed by atoms with Crippen LogP contribution in [0.4, 0.5) is 0 Å². The third kappa shape index (κ3) is 4.86. The normalized spacial score (nSPS) is 10.4. The van der Waals surface area contributed by atoms with Gasteiger partial charge in [0, 0.05) is 10.6 Å². The molecule has 1 aromatic heterocycles. The lowest BCUT2D eigenvalue weighted by Gasteiger charge is -2.05. The fourth-order valence-corrected chi connectivity index (χ4v) is 2.43. The molecule has 0 radical (unpaired) electrons. The quantitative estimate of drug-likeness (QED) is 0.607. The molecule has 0 saturated carbocycles. The number of para-hydroxylation sites is 1. The van der Waals surface area contributed by atoms with Crippen LogP contribution in [-0.2, 0) is 16.1 Å². The highest BCUT2D eigenvalue weighted by atomic mass is 35.5. The van der Waals surface area contributed by atoms with Crippen LogP contribution in [0.15, 0.2) is 53.1 Å². The van der Waals surface area contributed by atoms with Crippen LogP contribution in [0.5, 0.6) is 5.75 Å². The zero-order chi connectivity index (χ0) is 19.9. The predicted octanol–water partition coefficient (Wildman–Crippen LogP) is 2.87. The lowest BCUT2D eigenvalue weighted by molar-refractivity contribution is -0.144. The molecule has 0 fully saturated rings. The second-order valence-electron chi connectivity index (χ2n) is 5.56. The molecular weight excluding hydrogens is 386 g/mol. The van der Waals surface area contributed by atoms with Crippen LogP contribution in [0, 0.1) is 0 Å². The Labute approximate surface area is 165 Å². The summed E-state index contributed by atoms with van der Waals surface area (Å²) in [6.45, 7) is -0.507. The number of benzene rings is 2. The van der Waals surface area contributed by atoms with Crippen molar-refractivity contribution in [3.8, 4) is 17.1 Å². The zero-order valence-corrected chi connectivity index (χ0v) is 15.6. The van der Waals surface area contributed by atoms with Crippen LogP contribution < -0.4 is 10.1 Å². The van der Waals surface area contributed by atoms with Crippen LogP contribution in [0.1, 0.15) is 16.2 Å². The van der Waals surface area contributed by atoms with E-state index in [1.54, 1.807) is 43.5 Å². The maximum absolute atomic E-state index is 11.9. The maximum Gasteiger partial charge on any atom is 0.325 e. The molecule has 0 aliphatic heterocycles. The number of amides is 1. The van der Waals surface area contributed by atoms with Crippen LogP contribution in [0.3, 0.4) is 0 Å². The summed E-state index contributed by atoms with van der Waals surface area (Å²) in [7, 11) is 1.54. The van der Waals surface area contributed by atoms with Gasteiger partial charge in [0.1, 0.15) is 12.3 Å². The summed E-state index contributed by atoms with van der Waals surface area (Å²) < 4.78 is 15.4. The Morgan fingerprint density at radius 3 is 2.64 bits per heavy atom. The first-order valence-electron chi connectivity index (χ1n) is 8.22. The van der Waals surface area contributed by atoms with Gasteiger partial charge in [0.05, 0.1) is 12.7 Å². The smallest absolute Gasteiger partial charge is 0.325 e. The summed E-state index contributed by atoms with van der Waals surface area (Å²) in [5.74, 6) is -0.0150. The summed E-state index contributed by atoms with van der Waals surface area (Å²) in [5, 5.41) is 6.83. The van der Waals surface area contributed by atoms with E-state index in [0.717, 1.165) is 0 Å². The molecule has 9 heteroatoms. The van der Waals surface area contributed by atoms with Crippen molar-refractivity contribution in [2.45, 2.75) is 6.61 Å². The highest BCUT2D eigenvalue weighted by molar-refractivity contribution is 6.30. The van der Waals surface area contributed by atoms with Crippen LogP contribution in [0.25, 0.3) is 11.4 Å². The van der Waals surface area contributed by atoms with Crippen molar-refractivity contribution < 1.29 is 23.6 Å². The van der Waals surface area contributed by atoms with Gasteiger partial charge < -0.3 is 19.3 Å². The molecule has 0 aliphatic carbocycles. The van der Waals surface area contributed by atoms with E-state index in [9.17, 15) is 9.59 Å². The van der Waals surface area contributed by atoms with Crippen molar-refractivity contribution in [1.29, 1.82) is 0 Å². The molecule has 0 bridgehead atoms. The van der Waals surface area contributed by atoms with E-state index < -0.39 is 11.9 Å². The van der Waals surface area contributed by atoms with Gasteiger partial charge in [-0.3, -0.25) is 9.59 Å². The molecule has 0 spiro atoms. The Morgan fingerprint density at radius 2 is 1.89 bits per heavy atom. The highest BCUT2D eigenvalue weighted by Crippen LogP contribution is 2.27. The molecule has 2 aromatic carbocycles. The summed E-state index contributed by atoms with van der Waals surface area (Å²) >= 11 is 5.77. The van der Waals surface area contributed by atoms with E-state index in [-0.39, 0.29) is 19.0 Å². The molecule has 0 unspecified atom stereocenters. The monoisotopic (exact) mass is 401 g/mol. The highest BCUT2D eigenvalue weighted by Gasteiger charge is 2.15. The first-order valence-corrected chi connectivity index (χ1v) is 8.60. The number of nitrogens with zero attached hydrogens (tertiary/aromatic N) is 2. The largest absolute Gasteiger partial charge is 0.496 e. The average molecular weight is 402 g/mol. The number of nitrogens with one attached hydrogen (secondary N) is 1. The zero-order valence-electron chi connectivity index (χ0n) is 14.8. The number of rotatable bonds is 7. The molecule has 3 rings (SSSR count). The van der Waals surface area contributed by atoms with Crippen LogP contribution in [-0.4, -0.2) is 35.7 Å². The lowest BCUT2D eigenvalue weighted by Crippen LogP contribution is -2.30. The number of ether oxygens (including phenoxy) is 2. The number of carbonyl (C=O) groups excluding carboxylic acids is 2. The Kier molecular flexibility index (Phi) is 6.23. The summed E-state index contributed by atoms with van der Waals surface area (Å²) in [6, 6.07) is 13.5. The van der Waals surface area contributed by atoms with Gasteiger partial charge in [-0.1, -0.05) is 28.9 Å². The summed E-state index contributed by atoms with van der Waals surface area (Å²) in [4.78, 5) is 27.9. The molecule has 0 aliphatic rings. The Morgan fingerprint density at radius 1 is 1.14 bits per heavy atom. The van der Waals surface area contributed by atoms with E-state index in [2.05, 4.69) is 15.5 Å². The van der Waals surface area contributed by atoms with Crippen molar-refractivity contribution in [2.75, 3.05) is 13.7 Å². The second-order valence-corrected chi connectivity index (χ2v) is 6.00. The first kappa shape index (κ1) is 19.4. The lowest BCUT2D eigenvalue weighted by atomic mass is 10.2. The fourth-order valence-electron chi connectivity index (χ4n) is 2.30. The predicted molar refractivity (Wildman–Crippen MR) is 99.9 cm³/mol. The Bertz CT molecular complexity index is 972. The SMILES string of the molecule is COc1ccccc1-c1noc(COC(=O)CNC(=O)c2ccc(Cl)cc2)n1. The molecular formula is C19H16ClN3O5. The molecule has 28 heavy (non-hydrogen) atoms. The molecule has 144 valence electrons. The number of esters is 1. The van der Waals surface area contributed by atoms with Gasteiger partial charge in [-0.25, -0.2) is 0 Å². The fraction of sp³-hybridized carbons (Fsp3) is 0.158. The summed E-state index contributed by atoms with van der Waals surface area (Å²) in [6.07, 6.45) is 0. The third-order valence-electron chi connectivity index (χ3n) is 3.67. The van der Waals surface area contributed by atoms with Crippen LogP contribution >= 0.6 is 11.6 Å². The minimum atomic E-state index is -0.639. The van der Waals surface area contributed by atoms with E-state index >= 15 is 0 Å². The number of carbonyl (C=O) groups is 2. The van der Waals surface area contributed by atoms with Gasteiger partial charge in [-0.2, -0.15) is 4.98 Å². The Hall–Kier alpha value is -3.39. The van der Waals surface area contributed by atoms with Gasteiger partial charge in [0.25, 0.3) is 11.8 Å². The van der Waals surface area contributed by atoms with Gasteiger partial charge in [-0.05, 0) is 36.4 Å². The van der Waals surface area contributed by atoms with E-state index in [4.69, 9.17) is 25.6 Å². The first-order chi connectivity index (χ1) is 13.6. The number of halogens is 1. The van der Waals surface area contributed by atoms with E-state index in [0.29, 0.717) is 27.7 Å². The molecule has 0 saturated heterocycles. The molecule has 8 nitrogen and oxygen atoms in total. The number of hydrogen-bond donors (Lipinski definition) is 1. The molecule has 1 amide bonds. The number of hydrogen-bond acceptors (Lipinski definition) is 7. The minimum Gasteiger partial charge on any atom is -0.496 e. The molecule has 1 N–H and O–H groups in total. The van der Waals surface area contributed by atoms with Gasteiger partial charge in [0.15, 0.2) is 6.61 Å². The van der Waals surface area contributed by atoms with Crippen molar-refractivity contribution in [1.82, 2.24) is 15.5 Å². The third-order valence-corrected chi connectivity index (χ3v) is 3.92. The van der Waals surface area contributed by atoms with E-state index in [1.165, 1.54) is 0 Å². The van der Waals surface area contributed by atoms with Gasteiger partial charge in [-0.15, -0.1) is 0 Å². The molecule has 0 atom stereocenters. The maximum atomic E-state index is 11.9. The standard InChI is InChI=1S/C19H16ClN3O5/c1-26-15-5-3-2-4-14(15)18-22-16(28-23-18)11-27-17(24)10-21-19(25)12-6-8-13(20)9-7-12/h2-9H,10-11H2,1H3,(H,21,25). The molecule has 3 aromatic rings. The molecule has 1 heterocycles.